The number of carboxylic acids is 1. The molecule has 1 aromatic rings. The van der Waals surface area contributed by atoms with E-state index < -0.39 is 23.8 Å². The maximum absolute atomic E-state index is 12.2. The van der Waals surface area contributed by atoms with E-state index in [0.29, 0.717) is 0 Å². The molecule has 1 atom stereocenters. The van der Waals surface area contributed by atoms with Gasteiger partial charge >= 0.3 is 12.1 Å². The van der Waals surface area contributed by atoms with Gasteiger partial charge in [0, 0.05) is 0 Å². The van der Waals surface area contributed by atoms with E-state index in [9.17, 15) is 18.0 Å². The predicted octanol–water partition coefficient (Wildman–Crippen LogP) is 2.56. The lowest BCUT2D eigenvalue weighted by Gasteiger charge is -2.11. The number of rotatable bonds is 3. The van der Waals surface area contributed by atoms with Crippen LogP contribution in [0.3, 0.4) is 0 Å². The van der Waals surface area contributed by atoms with Gasteiger partial charge in [0.05, 0.1) is 5.56 Å². The summed E-state index contributed by atoms with van der Waals surface area (Å²) in [6, 6.07) is 3.85. The molecule has 0 spiro atoms. The Bertz CT molecular complexity index is 370. The molecule has 1 aromatic carbocycles. The van der Waals surface area contributed by atoms with Crippen LogP contribution in [0, 0.1) is 0 Å². The topological polar surface area (TPSA) is 46.5 Å². The molecule has 0 saturated heterocycles. The Labute approximate surface area is 89.5 Å². The van der Waals surface area contributed by atoms with Crippen LogP contribution in [0.15, 0.2) is 24.3 Å². The molecule has 0 bridgehead atoms. The fourth-order valence-corrected chi connectivity index (χ4v) is 0.977. The average Bonchev–Trinajstić information content (AvgIpc) is 2.17. The van der Waals surface area contributed by atoms with Crippen molar-refractivity contribution < 1.29 is 27.8 Å². The van der Waals surface area contributed by atoms with Crippen LogP contribution in [0.1, 0.15) is 12.5 Å². The molecule has 6 heteroatoms. The Morgan fingerprint density at radius 1 is 1.31 bits per heavy atom. The van der Waals surface area contributed by atoms with Crippen molar-refractivity contribution in [2.45, 2.75) is 19.2 Å². The monoisotopic (exact) mass is 234 g/mol. The largest absolute Gasteiger partial charge is 0.479 e. The normalized spacial score (nSPS) is 13.2. The fraction of sp³-hybridized carbons (Fsp3) is 0.300. The summed E-state index contributed by atoms with van der Waals surface area (Å²) >= 11 is 0. The smallest absolute Gasteiger partial charge is 0.416 e. The molecular weight excluding hydrogens is 225 g/mol. The van der Waals surface area contributed by atoms with Crippen LogP contribution >= 0.6 is 0 Å². The van der Waals surface area contributed by atoms with E-state index in [1.54, 1.807) is 0 Å². The van der Waals surface area contributed by atoms with Crippen molar-refractivity contribution in [3.8, 4) is 5.75 Å². The summed E-state index contributed by atoms with van der Waals surface area (Å²) in [6.07, 6.45) is -5.51. The van der Waals surface area contributed by atoms with Crippen molar-refractivity contribution in [3.05, 3.63) is 29.8 Å². The molecule has 0 aliphatic carbocycles. The summed E-state index contributed by atoms with van der Waals surface area (Å²) in [7, 11) is 0. The minimum Gasteiger partial charge on any atom is -0.479 e. The molecule has 0 fully saturated rings. The third-order valence-corrected chi connectivity index (χ3v) is 1.84. The zero-order chi connectivity index (χ0) is 12.3. The van der Waals surface area contributed by atoms with Crippen LogP contribution in [0.25, 0.3) is 0 Å². The van der Waals surface area contributed by atoms with Crippen LogP contribution in [-0.2, 0) is 11.0 Å². The van der Waals surface area contributed by atoms with E-state index in [0.717, 1.165) is 24.3 Å². The molecular formula is C10H9F3O3. The number of hydrogen-bond donors (Lipinski definition) is 1. The van der Waals surface area contributed by atoms with E-state index in [2.05, 4.69) is 0 Å². The van der Waals surface area contributed by atoms with Gasteiger partial charge in [-0.15, -0.1) is 0 Å². The lowest BCUT2D eigenvalue weighted by molar-refractivity contribution is -0.144. The summed E-state index contributed by atoms with van der Waals surface area (Å²) in [4.78, 5) is 10.4. The average molecular weight is 234 g/mol. The second kappa shape index (κ2) is 4.42. The molecule has 0 aliphatic rings. The van der Waals surface area contributed by atoms with Crippen molar-refractivity contribution in [3.63, 3.8) is 0 Å². The Morgan fingerprint density at radius 3 is 2.19 bits per heavy atom. The number of alkyl halides is 3. The molecule has 16 heavy (non-hydrogen) atoms. The van der Waals surface area contributed by atoms with Gasteiger partial charge in [-0.3, -0.25) is 0 Å². The van der Waals surface area contributed by atoms with Crippen LogP contribution in [0.5, 0.6) is 5.75 Å². The summed E-state index contributed by atoms with van der Waals surface area (Å²) in [5, 5.41) is 8.52. The number of carbonyl (C=O) groups is 1. The third-order valence-electron chi connectivity index (χ3n) is 1.84. The zero-order valence-corrected chi connectivity index (χ0v) is 8.28. The standard InChI is InChI=1S/C10H9F3O3/c1-6(9(14)15)16-8-4-2-7(3-5-8)10(11,12)13/h2-6H,1H3,(H,14,15)/t6-/m0/s1. The van der Waals surface area contributed by atoms with E-state index in [1.165, 1.54) is 6.92 Å². The maximum Gasteiger partial charge on any atom is 0.416 e. The van der Waals surface area contributed by atoms with Crippen molar-refractivity contribution in [1.29, 1.82) is 0 Å². The maximum atomic E-state index is 12.2. The van der Waals surface area contributed by atoms with Crippen molar-refractivity contribution in [1.82, 2.24) is 0 Å². The first-order valence-corrected chi connectivity index (χ1v) is 4.37. The van der Waals surface area contributed by atoms with E-state index in [4.69, 9.17) is 9.84 Å². The molecule has 0 aromatic heterocycles. The molecule has 88 valence electrons. The van der Waals surface area contributed by atoms with Crippen molar-refractivity contribution >= 4 is 5.97 Å². The molecule has 0 amide bonds. The number of halogens is 3. The van der Waals surface area contributed by atoms with Crippen LogP contribution in [0.2, 0.25) is 0 Å². The first-order valence-electron chi connectivity index (χ1n) is 4.37. The third kappa shape index (κ3) is 3.15. The summed E-state index contributed by atoms with van der Waals surface area (Å²) in [5.74, 6) is -1.09. The molecule has 0 radical (unpaired) electrons. The van der Waals surface area contributed by atoms with Crippen LogP contribution in [0.4, 0.5) is 13.2 Å². The quantitative estimate of drug-likeness (QED) is 0.874. The highest BCUT2D eigenvalue weighted by Crippen LogP contribution is 2.30. The van der Waals surface area contributed by atoms with Gasteiger partial charge in [0.25, 0.3) is 0 Å². The Balaban J connectivity index is 2.76. The van der Waals surface area contributed by atoms with Crippen molar-refractivity contribution in [2.24, 2.45) is 0 Å². The van der Waals surface area contributed by atoms with E-state index in [1.807, 2.05) is 0 Å². The van der Waals surface area contributed by atoms with E-state index >= 15 is 0 Å². The number of ether oxygens (including phenoxy) is 1. The van der Waals surface area contributed by atoms with Gasteiger partial charge in [-0.1, -0.05) is 0 Å². The Hall–Kier alpha value is -1.72. The fourth-order valence-electron chi connectivity index (χ4n) is 0.977. The van der Waals surface area contributed by atoms with Crippen LogP contribution in [-0.4, -0.2) is 17.2 Å². The van der Waals surface area contributed by atoms with Gasteiger partial charge in [0.2, 0.25) is 0 Å². The van der Waals surface area contributed by atoms with Gasteiger partial charge in [0.15, 0.2) is 6.10 Å². The number of aliphatic carboxylic acids is 1. The lowest BCUT2D eigenvalue weighted by Crippen LogP contribution is -2.22. The Kier molecular flexibility index (Phi) is 3.41. The molecule has 0 saturated carbocycles. The highest BCUT2D eigenvalue weighted by atomic mass is 19.4. The van der Waals surface area contributed by atoms with Gasteiger partial charge < -0.3 is 9.84 Å². The van der Waals surface area contributed by atoms with Crippen molar-refractivity contribution in [2.75, 3.05) is 0 Å². The number of carboxylic acid groups (broad SMARTS) is 1. The van der Waals surface area contributed by atoms with Gasteiger partial charge in [0.1, 0.15) is 5.75 Å². The summed E-state index contributed by atoms with van der Waals surface area (Å²) in [5.41, 5.74) is -0.803. The lowest BCUT2D eigenvalue weighted by atomic mass is 10.2. The summed E-state index contributed by atoms with van der Waals surface area (Å²) in [6.45, 7) is 1.29. The van der Waals surface area contributed by atoms with Gasteiger partial charge in [-0.25, -0.2) is 4.79 Å². The first-order chi connectivity index (χ1) is 7.30. The molecule has 0 heterocycles. The Morgan fingerprint density at radius 2 is 1.81 bits per heavy atom. The zero-order valence-electron chi connectivity index (χ0n) is 8.28. The summed E-state index contributed by atoms with van der Waals surface area (Å²) < 4.78 is 41.4. The highest BCUT2D eigenvalue weighted by molar-refractivity contribution is 5.72. The number of benzene rings is 1. The number of hydrogen-bond acceptors (Lipinski definition) is 2. The second-order valence-corrected chi connectivity index (χ2v) is 3.12. The molecule has 0 aliphatic heterocycles. The minimum absolute atomic E-state index is 0.0860. The first kappa shape index (κ1) is 12.4. The van der Waals surface area contributed by atoms with Gasteiger partial charge in [-0.05, 0) is 31.2 Å². The molecule has 0 unspecified atom stereocenters. The minimum atomic E-state index is -4.41. The predicted molar refractivity (Wildman–Crippen MR) is 49.2 cm³/mol. The van der Waals surface area contributed by atoms with E-state index in [-0.39, 0.29) is 5.75 Å². The highest BCUT2D eigenvalue weighted by Gasteiger charge is 2.30. The second-order valence-electron chi connectivity index (χ2n) is 3.12. The van der Waals surface area contributed by atoms with Crippen LogP contribution < -0.4 is 4.74 Å². The van der Waals surface area contributed by atoms with Gasteiger partial charge in [-0.2, -0.15) is 13.2 Å². The molecule has 1 N–H and O–H groups in total. The molecule has 3 nitrogen and oxygen atoms in total. The molecule has 1 rings (SSSR count). The SMILES string of the molecule is C[C@H](Oc1ccc(C(F)(F)F)cc1)C(=O)O.